The lowest BCUT2D eigenvalue weighted by molar-refractivity contribution is 0.0600. The number of fused-ring (bicyclic) bond motifs is 1. The molecule has 1 heterocycles. The molecule has 2 atom stereocenters. The molecule has 1 N–H and O–H groups in total. The maximum atomic E-state index is 11.8. The highest BCUT2D eigenvalue weighted by molar-refractivity contribution is 5.90. The van der Waals surface area contributed by atoms with Crippen LogP contribution in [0, 0.1) is 0 Å². The van der Waals surface area contributed by atoms with Crippen molar-refractivity contribution in [1.82, 2.24) is 5.32 Å². The fourth-order valence-electron chi connectivity index (χ4n) is 3.88. The van der Waals surface area contributed by atoms with E-state index in [2.05, 4.69) is 23.2 Å². The summed E-state index contributed by atoms with van der Waals surface area (Å²) in [7, 11) is 3.06. The molecule has 0 aliphatic carbocycles. The van der Waals surface area contributed by atoms with Gasteiger partial charge < -0.3 is 24.4 Å². The zero-order valence-corrected chi connectivity index (χ0v) is 18.6. The minimum Gasteiger partial charge on any atom is -0.497 e. The number of methoxy groups -OCH3 is 2. The number of esters is 1. The molecule has 1 aliphatic rings. The third-order valence-electron chi connectivity index (χ3n) is 5.68. The van der Waals surface area contributed by atoms with Crippen LogP contribution in [0.3, 0.4) is 0 Å². The fraction of sp³-hybridized carbons (Fsp3) is 0.269. The molecule has 0 radical (unpaired) electrons. The molecule has 6 nitrogen and oxygen atoms in total. The summed E-state index contributed by atoms with van der Waals surface area (Å²) in [6, 6.07) is 23.7. The van der Waals surface area contributed by atoms with E-state index in [9.17, 15) is 4.79 Å². The molecule has 0 spiro atoms. The normalized spacial score (nSPS) is 16.0. The van der Waals surface area contributed by atoms with Crippen molar-refractivity contribution in [3.8, 4) is 11.5 Å². The van der Waals surface area contributed by atoms with Crippen LogP contribution in [0.2, 0.25) is 0 Å². The molecule has 3 aromatic rings. The quantitative estimate of drug-likeness (QED) is 0.545. The standard InChI is InChI=1S/C26H28N2O4/c1-18(20-7-6-8-22(15-20)30-2)27-16-23-17-28(24-9-4-5-10-25(24)32-23)21-13-11-19(12-14-21)26(29)31-3/h4-15,18,23,27H,16-17H2,1-3H3/t18-,23?/m1/s1. The summed E-state index contributed by atoms with van der Waals surface area (Å²) in [5, 5.41) is 3.59. The number of carbonyl (C=O) groups is 1. The van der Waals surface area contributed by atoms with Crippen LogP contribution in [-0.4, -0.2) is 39.4 Å². The van der Waals surface area contributed by atoms with Crippen LogP contribution in [-0.2, 0) is 4.74 Å². The molecule has 1 aliphatic heterocycles. The van der Waals surface area contributed by atoms with Crippen LogP contribution < -0.4 is 19.7 Å². The SMILES string of the molecule is COC(=O)c1ccc(N2CC(CN[C@H](C)c3cccc(OC)c3)Oc3ccccc32)cc1. The zero-order chi connectivity index (χ0) is 22.5. The Labute approximate surface area is 188 Å². The highest BCUT2D eigenvalue weighted by Gasteiger charge is 2.27. The largest absolute Gasteiger partial charge is 0.497 e. The molecular formula is C26H28N2O4. The average Bonchev–Trinajstić information content (AvgIpc) is 2.86. The molecule has 0 bridgehead atoms. The van der Waals surface area contributed by atoms with Gasteiger partial charge in [0, 0.05) is 18.3 Å². The monoisotopic (exact) mass is 432 g/mol. The Morgan fingerprint density at radius 2 is 1.88 bits per heavy atom. The lowest BCUT2D eigenvalue weighted by Gasteiger charge is -2.37. The van der Waals surface area contributed by atoms with Gasteiger partial charge in [-0.2, -0.15) is 0 Å². The molecule has 0 saturated heterocycles. The molecule has 6 heteroatoms. The summed E-state index contributed by atoms with van der Waals surface area (Å²) in [6.45, 7) is 3.50. The van der Waals surface area contributed by atoms with E-state index < -0.39 is 0 Å². The maximum absolute atomic E-state index is 11.8. The second kappa shape index (κ2) is 9.75. The van der Waals surface area contributed by atoms with Gasteiger partial charge in [0.15, 0.2) is 0 Å². The van der Waals surface area contributed by atoms with Gasteiger partial charge in [0.2, 0.25) is 0 Å². The van der Waals surface area contributed by atoms with Gasteiger partial charge in [-0.25, -0.2) is 4.79 Å². The second-order valence-corrected chi connectivity index (χ2v) is 7.76. The number of ether oxygens (including phenoxy) is 3. The first-order chi connectivity index (χ1) is 15.6. The topological polar surface area (TPSA) is 60.0 Å². The molecular weight excluding hydrogens is 404 g/mol. The van der Waals surface area contributed by atoms with Gasteiger partial charge in [0.05, 0.1) is 32.0 Å². The van der Waals surface area contributed by atoms with Crippen LogP contribution in [0.4, 0.5) is 11.4 Å². The molecule has 0 saturated carbocycles. The number of nitrogens with one attached hydrogen (secondary N) is 1. The third-order valence-corrected chi connectivity index (χ3v) is 5.68. The van der Waals surface area contributed by atoms with E-state index in [-0.39, 0.29) is 18.1 Å². The summed E-state index contributed by atoms with van der Waals surface area (Å²) < 4.78 is 16.4. The Kier molecular flexibility index (Phi) is 6.61. The van der Waals surface area contributed by atoms with Crippen LogP contribution in [0.25, 0.3) is 0 Å². The minimum atomic E-state index is -0.340. The Bertz CT molecular complexity index is 1070. The van der Waals surface area contributed by atoms with Crippen molar-refractivity contribution in [2.24, 2.45) is 0 Å². The maximum Gasteiger partial charge on any atom is 0.337 e. The highest BCUT2D eigenvalue weighted by atomic mass is 16.5. The van der Waals surface area contributed by atoms with Crippen molar-refractivity contribution in [2.45, 2.75) is 19.1 Å². The molecule has 166 valence electrons. The first-order valence-corrected chi connectivity index (χ1v) is 10.7. The van der Waals surface area contributed by atoms with Gasteiger partial charge in [-0.05, 0) is 61.0 Å². The Balaban J connectivity index is 1.50. The smallest absolute Gasteiger partial charge is 0.337 e. The predicted octanol–water partition coefficient (Wildman–Crippen LogP) is 4.73. The van der Waals surface area contributed by atoms with Gasteiger partial charge >= 0.3 is 5.97 Å². The van der Waals surface area contributed by atoms with Gasteiger partial charge in [-0.15, -0.1) is 0 Å². The zero-order valence-electron chi connectivity index (χ0n) is 18.6. The molecule has 32 heavy (non-hydrogen) atoms. The predicted molar refractivity (Wildman–Crippen MR) is 125 cm³/mol. The fourth-order valence-corrected chi connectivity index (χ4v) is 3.88. The number of rotatable bonds is 7. The van der Waals surface area contributed by atoms with Gasteiger partial charge in [-0.1, -0.05) is 24.3 Å². The Hall–Kier alpha value is -3.51. The Morgan fingerprint density at radius 1 is 1.09 bits per heavy atom. The number of hydrogen-bond donors (Lipinski definition) is 1. The third kappa shape index (κ3) is 4.70. The van der Waals surface area contributed by atoms with Crippen molar-refractivity contribution in [1.29, 1.82) is 0 Å². The first kappa shape index (κ1) is 21.7. The van der Waals surface area contributed by atoms with E-state index in [1.165, 1.54) is 7.11 Å². The van der Waals surface area contributed by atoms with E-state index in [1.54, 1.807) is 19.2 Å². The Morgan fingerprint density at radius 3 is 2.62 bits per heavy atom. The molecule has 0 fully saturated rings. The average molecular weight is 433 g/mol. The summed E-state index contributed by atoms with van der Waals surface area (Å²) in [5.41, 5.74) is 3.70. The van der Waals surface area contributed by atoms with E-state index in [0.717, 1.165) is 28.4 Å². The van der Waals surface area contributed by atoms with Crippen molar-refractivity contribution in [3.05, 3.63) is 83.9 Å². The van der Waals surface area contributed by atoms with E-state index >= 15 is 0 Å². The number of nitrogens with zero attached hydrogens (tertiary/aromatic N) is 1. The van der Waals surface area contributed by atoms with Crippen LogP contribution in [0.15, 0.2) is 72.8 Å². The van der Waals surface area contributed by atoms with E-state index in [1.807, 2.05) is 54.6 Å². The van der Waals surface area contributed by atoms with E-state index in [4.69, 9.17) is 14.2 Å². The van der Waals surface area contributed by atoms with Crippen molar-refractivity contribution in [2.75, 3.05) is 32.2 Å². The van der Waals surface area contributed by atoms with Crippen molar-refractivity contribution >= 4 is 17.3 Å². The number of carbonyl (C=O) groups excluding carboxylic acids is 1. The molecule has 4 rings (SSSR count). The summed E-state index contributed by atoms with van der Waals surface area (Å²) in [6.07, 6.45) is -0.0433. The van der Waals surface area contributed by atoms with Gasteiger partial charge in [0.1, 0.15) is 17.6 Å². The molecule has 0 aromatic heterocycles. The molecule has 0 amide bonds. The highest BCUT2D eigenvalue weighted by Crippen LogP contribution is 2.38. The van der Waals surface area contributed by atoms with Gasteiger partial charge in [-0.3, -0.25) is 0 Å². The lowest BCUT2D eigenvalue weighted by Crippen LogP contribution is -2.44. The summed E-state index contributed by atoms with van der Waals surface area (Å²) in [5.74, 6) is 1.35. The summed E-state index contributed by atoms with van der Waals surface area (Å²) in [4.78, 5) is 14.0. The van der Waals surface area contributed by atoms with Crippen molar-refractivity contribution < 1.29 is 19.0 Å². The van der Waals surface area contributed by atoms with Crippen LogP contribution >= 0.6 is 0 Å². The van der Waals surface area contributed by atoms with Gasteiger partial charge in [0.25, 0.3) is 0 Å². The van der Waals surface area contributed by atoms with Crippen LogP contribution in [0.5, 0.6) is 11.5 Å². The van der Waals surface area contributed by atoms with E-state index in [0.29, 0.717) is 18.7 Å². The summed E-state index contributed by atoms with van der Waals surface area (Å²) >= 11 is 0. The van der Waals surface area contributed by atoms with Crippen molar-refractivity contribution in [3.63, 3.8) is 0 Å². The first-order valence-electron chi connectivity index (χ1n) is 10.7. The number of hydrogen-bond acceptors (Lipinski definition) is 6. The number of benzene rings is 3. The number of para-hydroxylation sites is 2. The minimum absolute atomic E-state index is 0.0433. The molecule has 1 unspecified atom stereocenters. The lowest BCUT2D eigenvalue weighted by atomic mass is 10.1. The second-order valence-electron chi connectivity index (χ2n) is 7.76. The van der Waals surface area contributed by atoms with Crippen LogP contribution in [0.1, 0.15) is 28.9 Å². The molecule has 3 aromatic carbocycles. The number of anilines is 2.